The maximum absolute atomic E-state index is 14.3. The van der Waals surface area contributed by atoms with Crippen molar-refractivity contribution in [1.29, 1.82) is 5.41 Å². The lowest BCUT2D eigenvalue weighted by molar-refractivity contribution is -0.170. The van der Waals surface area contributed by atoms with Crippen LogP contribution in [0.15, 0.2) is 47.4 Å². The van der Waals surface area contributed by atoms with Gasteiger partial charge in [0.2, 0.25) is 21.8 Å². The monoisotopic (exact) mass is 646 g/mol. The molecule has 2 amide bonds. The SMILES string of the molecule is CC(=O)O.CCOC(=O)C(C)([C@H]1CCCN(C(=N)N)C1)N(C(=O)[C@H](CC(N)=O)NS(=O)(=O)c1ccc2ccccc2c1)C1CC1. The highest BCUT2D eigenvalue weighted by atomic mass is 32.2. The van der Waals surface area contributed by atoms with Crippen LogP contribution in [0.4, 0.5) is 0 Å². The van der Waals surface area contributed by atoms with E-state index in [4.69, 9.17) is 31.5 Å². The first-order valence-electron chi connectivity index (χ1n) is 14.7. The van der Waals surface area contributed by atoms with E-state index in [0.717, 1.165) is 12.3 Å². The van der Waals surface area contributed by atoms with Gasteiger partial charge in [-0.3, -0.25) is 19.8 Å². The average Bonchev–Trinajstić information content (AvgIpc) is 3.81. The van der Waals surface area contributed by atoms with Gasteiger partial charge in [-0.15, -0.1) is 0 Å². The van der Waals surface area contributed by atoms with Crippen LogP contribution in [0.25, 0.3) is 10.8 Å². The quantitative estimate of drug-likeness (QED) is 0.134. The van der Waals surface area contributed by atoms with Gasteiger partial charge in [0.05, 0.1) is 17.9 Å². The fourth-order valence-corrected chi connectivity index (χ4v) is 6.88. The largest absolute Gasteiger partial charge is 0.481 e. The number of likely N-dealkylation sites (tertiary alicyclic amines) is 1. The number of sulfonamides is 1. The molecule has 1 unspecified atom stereocenters. The molecule has 15 heteroatoms. The number of fused-ring (bicyclic) bond motifs is 1. The van der Waals surface area contributed by atoms with Crippen molar-refractivity contribution in [2.45, 2.75) is 75.4 Å². The number of carbonyl (C=O) groups excluding carboxylic acids is 3. The highest BCUT2D eigenvalue weighted by molar-refractivity contribution is 7.89. The van der Waals surface area contributed by atoms with Crippen LogP contribution < -0.4 is 16.2 Å². The van der Waals surface area contributed by atoms with Crippen molar-refractivity contribution >= 4 is 50.5 Å². The summed E-state index contributed by atoms with van der Waals surface area (Å²) in [6.07, 6.45) is 1.79. The summed E-state index contributed by atoms with van der Waals surface area (Å²) in [5.74, 6) is -3.68. The third-order valence-corrected chi connectivity index (χ3v) is 9.40. The number of nitrogens with two attached hydrogens (primary N) is 2. The average molecular weight is 647 g/mol. The predicted molar refractivity (Wildman–Crippen MR) is 166 cm³/mol. The first-order chi connectivity index (χ1) is 21.1. The van der Waals surface area contributed by atoms with E-state index >= 15 is 0 Å². The number of esters is 1. The Morgan fingerprint density at radius 1 is 1.13 bits per heavy atom. The number of guanidine groups is 1. The summed E-state index contributed by atoms with van der Waals surface area (Å²) in [5.41, 5.74) is 9.74. The second-order valence-corrected chi connectivity index (χ2v) is 13.1. The van der Waals surface area contributed by atoms with Crippen molar-refractivity contribution in [1.82, 2.24) is 14.5 Å². The molecule has 0 aromatic heterocycles. The number of benzene rings is 2. The molecule has 2 fully saturated rings. The molecule has 0 bridgehead atoms. The number of ether oxygens (including phenoxy) is 1. The topological polar surface area (TPSA) is 226 Å². The van der Waals surface area contributed by atoms with Gasteiger partial charge in [-0.2, -0.15) is 4.72 Å². The molecule has 1 saturated heterocycles. The molecule has 2 aliphatic rings. The maximum atomic E-state index is 14.3. The van der Waals surface area contributed by atoms with Gasteiger partial charge in [0.25, 0.3) is 5.97 Å². The zero-order valence-corrected chi connectivity index (χ0v) is 26.5. The number of carbonyl (C=O) groups is 4. The predicted octanol–water partition coefficient (Wildman–Crippen LogP) is 1.37. The summed E-state index contributed by atoms with van der Waals surface area (Å²) >= 11 is 0. The Morgan fingerprint density at radius 3 is 2.31 bits per heavy atom. The van der Waals surface area contributed by atoms with Crippen LogP contribution >= 0.6 is 0 Å². The van der Waals surface area contributed by atoms with Crippen molar-refractivity contribution < 1.29 is 37.4 Å². The van der Waals surface area contributed by atoms with Crippen LogP contribution in [-0.4, -0.2) is 90.4 Å². The minimum atomic E-state index is -4.28. The van der Waals surface area contributed by atoms with E-state index in [1.807, 2.05) is 12.1 Å². The second-order valence-electron chi connectivity index (χ2n) is 11.4. The molecule has 7 N–H and O–H groups in total. The van der Waals surface area contributed by atoms with Crippen LogP contribution in [0, 0.1) is 11.3 Å². The van der Waals surface area contributed by atoms with Gasteiger partial charge in [-0.05, 0) is 62.4 Å². The lowest BCUT2D eigenvalue weighted by Gasteiger charge is -2.48. The zero-order chi connectivity index (χ0) is 33.5. The van der Waals surface area contributed by atoms with Gasteiger partial charge in [-0.25, -0.2) is 13.2 Å². The summed E-state index contributed by atoms with van der Waals surface area (Å²) in [6, 6.07) is 9.91. The van der Waals surface area contributed by atoms with Crippen LogP contribution in [-0.2, 0) is 33.9 Å². The third-order valence-electron chi connectivity index (χ3n) is 7.93. The van der Waals surface area contributed by atoms with Crippen molar-refractivity contribution in [3.8, 4) is 0 Å². The smallest absolute Gasteiger partial charge is 0.332 e. The van der Waals surface area contributed by atoms with Gasteiger partial charge in [-0.1, -0.05) is 30.3 Å². The Hall–Kier alpha value is -4.24. The van der Waals surface area contributed by atoms with Gasteiger partial charge < -0.3 is 31.1 Å². The molecule has 0 radical (unpaired) electrons. The fraction of sp³-hybridized carbons (Fsp3) is 0.500. The van der Waals surface area contributed by atoms with Gasteiger partial charge in [0, 0.05) is 32.0 Å². The summed E-state index contributed by atoms with van der Waals surface area (Å²) in [6.45, 7) is 5.22. The molecule has 2 aromatic carbocycles. The van der Waals surface area contributed by atoms with E-state index in [9.17, 15) is 22.8 Å². The number of carboxylic acids is 1. The Kier molecular flexibility index (Phi) is 11.5. The van der Waals surface area contributed by atoms with E-state index in [1.165, 1.54) is 17.0 Å². The number of rotatable bonds is 11. The van der Waals surface area contributed by atoms with Gasteiger partial charge in [0.1, 0.15) is 11.6 Å². The summed E-state index contributed by atoms with van der Waals surface area (Å²) < 4.78 is 34.9. The van der Waals surface area contributed by atoms with E-state index in [-0.39, 0.29) is 30.0 Å². The second kappa shape index (κ2) is 14.7. The summed E-state index contributed by atoms with van der Waals surface area (Å²) in [5, 5.41) is 16.9. The molecule has 45 heavy (non-hydrogen) atoms. The van der Waals surface area contributed by atoms with Crippen LogP contribution in [0.5, 0.6) is 0 Å². The Morgan fingerprint density at radius 2 is 1.76 bits per heavy atom. The Bertz CT molecular complexity index is 1540. The number of hydrogen-bond donors (Lipinski definition) is 5. The number of hydrogen-bond acceptors (Lipinski definition) is 8. The number of piperidine rings is 1. The van der Waals surface area contributed by atoms with Crippen molar-refractivity contribution in [3.05, 3.63) is 42.5 Å². The molecular weight excluding hydrogens is 604 g/mol. The number of nitrogens with zero attached hydrogens (tertiary/aromatic N) is 2. The standard InChI is InChI=1S/C28H38N6O6S.C2H4O2/c1-3-40-26(37)28(2,20-9-6-14-33(17-20)27(30)31)34(21-11-12-21)25(36)23(16-24(29)35)32-41(38,39)22-13-10-18-7-4-5-8-19(18)15-22;1-2(3)4/h4-5,7-8,10,13,15,20-21,23,32H,3,6,9,11-12,14,16-17H2,1-2H3,(H2,29,35)(H3,30,31);1H3,(H,3,4)/t20-,23-,28?;/m0./s1. The van der Waals surface area contributed by atoms with Gasteiger partial charge in [0.15, 0.2) is 5.96 Å². The van der Waals surface area contributed by atoms with E-state index in [2.05, 4.69) is 4.72 Å². The van der Waals surface area contributed by atoms with E-state index in [1.54, 1.807) is 36.9 Å². The molecule has 1 aliphatic carbocycles. The molecule has 4 rings (SSSR count). The molecular formula is C30H42N6O8S. The fourth-order valence-electron chi connectivity index (χ4n) is 5.65. The van der Waals surface area contributed by atoms with E-state index in [0.29, 0.717) is 37.6 Å². The van der Waals surface area contributed by atoms with Crippen LogP contribution in [0.1, 0.15) is 52.9 Å². The minimum absolute atomic E-state index is 0.0730. The number of nitrogens with one attached hydrogen (secondary N) is 2. The van der Waals surface area contributed by atoms with Crippen molar-refractivity contribution in [3.63, 3.8) is 0 Å². The Labute approximate surface area is 262 Å². The molecule has 0 spiro atoms. The minimum Gasteiger partial charge on any atom is -0.481 e. The first-order valence-corrected chi connectivity index (χ1v) is 16.2. The molecule has 3 atom stereocenters. The molecule has 1 saturated carbocycles. The first kappa shape index (κ1) is 35.2. The summed E-state index contributed by atoms with van der Waals surface area (Å²) in [4.78, 5) is 52.0. The van der Waals surface area contributed by atoms with Gasteiger partial charge >= 0.3 is 5.97 Å². The van der Waals surface area contributed by atoms with Crippen LogP contribution in [0.2, 0.25) is 0 Å². The lowest BCUT2D eigenvalue weighted by atomic mass is 9.78. The van der Waals surface area contributed by atoms with E-state index < -0.39 is 57.7 Å². The highest BCUT2D eigenvalue weighted by Gasteiger charge is 2.56. The maximum Gasteiger partial charge on any atom is 0.332 e. The molecule has 1 heterocycles. The number of amides is 2. The van der Waals surface area contributed by atoms with Crippen molar-refractivity contribution in [2.24, 2.45) is 17.4 Å². The van der Waals surface area contributed by atoms with Crippen molar-refractivity contribution in [2.75, 3.05) is 19.7 Å². The number of aliphatic carboxylic acids is 1. The Balaban J connectivity index is 0.00000130. The normalized spacial score (nSPS) is 18.5. The molecule has 1 aliphatic heterocycles. The van der Waals surface area contributed by atoms with Crippen LogP contribution in [0.3, 0.4) is 0 Å². The number of primary amides is 1. The number of carboxylic acid groups (broad SMARTS) is 1. The zero-order valence-electron chi connectivity index (χ0n) is 25.7. The lowest BCUT2D eigenvalue weighted by Crippen LogP contribution is -2.67. The third kappa shape index (κ3) is 8.69. The molecule has 14 nitrogen and oxygen atoms in total. The summed E-state index contributed by atoms with van der Waals surface area (Å²) in [7, 11) is -4.28. The highest BCUT2D eigenvalue weighted by Crippen LogP contribution is 2.41. The molecule has 2 aromatic rings. The molecule has 246 valence electrons.